The van der Waals surface area contributed by atoms with Crippen LogP contribution in [0.5, 0.6) is 5.75 Å². The first kappa shape index (κ1) is 11.5. The molecule has 15 heavy (non-hydrogen) atoms. The number of rotatable bonds is 4. The fourth-order valence-electron chi connectivity index (χ4n) is 1.25. The molecule has 0 radical (unpaired) electrons. The highest BCUT2D eigenvalue weighted by Crippen LogP contribution is 2.15. The summed E-state index contributed by atoms with van der Waals surface area (Å²) in [4.78, 5) is 0. The third-order valence-electron chi connectivity index (χ3n) is 2.35. The van der Waals surface area contributed by atoms with Crippen LogP contribution in [-0.2, 0) is 6.42 Å². The molecule has 0 aliphatic carbocycles. The number of nitriles is 1. The lowest BCUT2D eigenvalue weighted by Crippen LogP contribution is -2.34. The Morgan fingerprint density at radius 2 is 2.00 bits per heavy atom. The van der Waals surface area contributed by atoms with Crippen molar-refractivity contribution in [2.45, 2.75) is 25.3 Å². The van der Waals surface area contributed by atoms with Gasteiger partial charge in [0.2, 0.25) is 0 Å². The highest BCUT2D eigenvalue weighted by atomic mass is 16.5. The molecule has 2 N–H and O–H groups in total. The lowest BCUT2D eigenvalue weighted by molar-refractivity contribution is 0.414. The van der Waals surface area contributed by atoms with E-state index in [-0.39, 0.29) is 0 Å². The van der Waals surface area contributed by atoms with Crippen molar-refractivity contribution in [3.8, 4) is 11.8 Å². The molecule has 1 unspecified atom stereocenters. The third-order valence-corrected chi connectivity index (χ3v) is 2.35. The first-order valence-electron chi connectivity index (χ1n) is 4.90. The first-order valence-corrected chi connectivity index (χ1v) is 4.90. The maximum absolute atomic E-state index is 8.76. The summed E-state index contributed by atoms with van der Waals surface area (Å²) in [6.07, 6.45) is 1.47. The minimum Gasteiger partial charge on any atom is -0.497 e. The van der Waals surface area contributed by atoms with Crippen LogP contribution in [0.4, 0.5) is 0 Å². The van der Waals surface area contributed by atoms with Gasteiger partial charge in [-0.3, -0.25) is 0 Å². The summed E-state index contributed by atoms with van der Waals surface area (Å²) < 4.78 is 5.06. The van der Waals surface area contributed by atoms with Gasteiger partial charge in [-0.15, -0.1) is 0 Å². The van der Waals surface area contributed by atoms with Crippen molar-refractivity contribution in [1.82, 2.24) is 0 Å². The van der Waals surface area contributed by atoms with E-state index >= 15 is 0 Å². The van der Waals surface area contributed by atoms with E-state index in [2.05, 4.69) is 6.07 Å². The fraction of sp³-hybridized carbons (Fsp3) is 0.417. The molecule has 80 valence electrons. The van der Waals surface area contributed by atoms with Gasteiger partial charge in [0.1, 0.15) is 11.3 Å². The number of aryl methyl sites for hydroxylation is 1. The Labute approximate surface area is 90.5 Å². The Balaban J connectivity index is 2.56. The maximum Gasteiger partial charge on any atom is 0.118 e. The van der Waals surface area contributed by atoms with Gasteiger partial charge in [-0.05, 0) is 37.5 Å². The van der Waals surface area contributed by atoms with E-state index < -0.39 is 5.54 Å². The highest BCUT2D eigenvalue weighted by Gasteiger charge is 2.16. The average molecular weight is 204 g/mol. The number of benzene rings is 1. The van der Waals surface area contributed by atoms with Crippen LogP contribution in [0.25, 0.3) is 0 Å². The number of ether oxygens (including phenoxy) is 1. The number of hydrogen-bond acceptors (Lipinski definition) is 3. The second-order valence-electron chi connectivity index (χ2n) is 3.88. The van der Waals surface area contributed by atoms with Gasteiger partial charge in [-0.25, -0.2) is 0 Å². The molecule has 0 spiro atoms. The number of methoxy groups -OCH3 is 1. The van der Waals surface area contributed by atoms with Gasteiger partial charge in [0.15, 0.2) is 0 Å². The van der Waals surface area contributed by atoms with Crippen molar-refractivity contribution in [1.29, 1.82) is 5.26 Å². The van der Waals surface area contributed by atoms with Crippen LogP contribution < -0.4 is 10.5 Å². The molecule has 0 saturated heterocycles. The van der Waals surface area contributed by atoms with E-state index in [1.54, 1.807) is 14.0 Å². The quantitative estimate of drug-likeness (QED) is 0.814. The molecule has 1 aromatic rings. The van der Waals surface area contributed by atoms with Crippen LogP contribution in [-0.4, -0.2) is 12.6 Å². The molecule has 0 heterocycles. The minimum absolute atomic E-state index is 0.663. The Hall–Kier alpha value is -1.53. The van der Waals surface area contributed by atoms with Crippen LogP contribution in [0, 0.1) is 11.3 Å². The molecule has 0 amide bonds. The first-order chi connectivity index (χ1) is 7.07. The van der Waals surface area contributed by atoms with Crippen molar-refractivity contribution in [3.63, 3.8) is 0 Å². The molecule has 3 nitrogen and oxygen atoms in total. The second kappa shape index (κ2) is 4.81. The van der Waals surface area contributed by atoms with Gasteiger partial charge in [-0.2, -0.15) is 5.26 Å². The van der Waals surface area contributed by atoms with Crippen LogP contribution >= 0.6 is 0 Å². The Bertz CT molecular complexity index is 349. The van der Waals surface area contributed by atoms with E-state index in [1.165, 1.54) is 5.56 Å². The monoisotopic (exact) mass is 204 g/mol. The van der Waals surface area contributed by atoms with Crippen LogP contribution in [0.3, 0.4) is 0 Å². The largest absolute Gasteiger partial charge is 0.497 e. The molecule has 0 saturated carbocycles. The number of nitrogens with two attached hydrogens (primary N) is 1. The van der Waals surface area contributed by atoms with Gasteiger partial charge >= 0.3 is 0 Å². The summed E-state index contributed by atoms with van der Waals surface area (Å²) in [7, 11) is 1.64. The predicted molar refractivity (Wildman–Crippen MR) is 59.5 cm³/mol. The standard InChI is InChI=1S/C12H16N2O/c1-12(14,9-13)8-7-10-3-5-11(15-2)6-4-10/h3-6H,7-8,14H2,1-2H3. The molecular weight excluding hydrogens is 188 g/mol. The zero-order valence-corrected chi connectivity index (χ0v) is 9.16. The summed E-state index contributed by atoms with van der Waals surface area (Å²) in [5, 5.41) is 8.76. The third kappa shape index (κ3) is 3.61. The minimum atomic E-state index is -0.736. The van der Waals surface area contributed by atoms with Crippen LogP contribution in [0.15, 0.2) is 24.3 Å². The molecule has 0 aliphatic heterocycles. The van der Waals surface area contributed by atoms with Crippen molar-refractivity contribution >= 4 is 0 Å². The molecule has 0 aliphatic rings. The molecular formula is C12H16N2O. The van der Waals surface area contributed by atoms with E-state index in [1.807, 2.05) is 24.3 Å². The van der Waals surface area contributed by atoms with Crippen LogP contribution in [0.2, 0.25) is 0 Å². The van der Waals surface area contributed by atoms with Gasteiger partial charge < -0.3 is 10.5 Å². The smallest absolute Gasteiger partial charge is 0.118 e. The lowest BCUT2D eigenvalue weighted by atomic mass is 9.96. The van der Waals surface area contributed by atoms with Gasteiger partial charge in [0.25, 0.3) is 0 Å². The molecule has 1 rings (SSSR count). The fourth-order valence-corrected chi connectivity index (χ4v) is 1.25. The van der Waals surface area contributed by atoms with Crippen molar-refractivity contribution < 1.29 is 4.74 Å². The average Bonchev–Trinajstić information content (AvgIpc) is 2.27. The van der Waals surface area contributed by atoms with Gasteiger partial charge in [-0.1, -0.05) is 12.1 Å². The Morgan fingerprint density at radius 1 is 1.40 bits per heavy atom. The second-order valence-corrected chi connectivity index (χ2v) is 3.88. The van der Waals surface area contributed by atoms with Crippen molar-refractivity contribution in [2.24, 2.45) is 5.73 Å². The zero-order chi connectivity index (χ0) is 11.3. The summed E-state index contributed by atoms with van der Waals surface area (Å²) in [5.41, 5.74) is 6.17. The van der Waals surface area contributed by atoms with Gasteiger partial charge in [0, 0.05) is 0 Å². The SMILES string of the molecule is COc1ccc(CCC(C)(N)C#N)cc1. The van der Waals surface area contributed by atoms with E-state index in [4.69, 9.17) is 15.7 Å². The molecule has 0 aromatic heterocycles. The van der Waals surface area contributed by atoms with E-state index in [9.17, 15) is 0 Å². The maximum atomic E-state index is 8.76. The summed E-state index contributed by atoms with van der Waals surface area (Å²) in [5.74, 6) is 0.842. The zero-order valence-electron chi connectivity index (χ0n) is 9.16. The van der Waals surface area contributed by atoms with E-state index in [0.717, 1.165) is 12.2 Å². The number of nitrogens with zero attached hydrogens (tertiary/aromatic N) is 1. The summed E-state index contributed by atoms with van der Waals surface area (Å²) in [6, 6.07) is 9.90. The van der Waals surface area contributed by atoms with Crippen molar-refractivity contribution in [2.75, 3.05) is 7.11 Å². The Kier molecular flexibility index (Phi) is 3.70. The van der Waals surface area contributed by atoms with Crippen molar-refractivity contribution in [3.05, 3.63) is 29.8 Å². The lowest BCUT2D eigenvalue weighted by Gasteiger charge is -2.14. The summed E-state index contributed by atoms with van der Waals surface area (Å²) in [6.45, 7) is 1.75. The highest BCUT2D eigenvalue weighted by molar-refractivity contribution is 5.27. The van der Waals surface area contributed by atoms with Gasteiger partial charge in [0.05, 0.1) is 13.2 Å². The molecule has 0 bridgehead atoms. The summed E-state index contributed by atoms with van der Waals surface area (Å²) >= 11 is 0. The molecule has 3 heteroatoms. The number of hydrogen-bond donors (Lipinski definition) is 1. The molecule has 1 atom stereocenters. The molecule has 0 fully saturated rings. The topological polar surface area (TPSA) is 59.0 Å². The van der Waals surface area contributed by atoms with E-state index in [0.29, 0.717) is 6.42 Å². The van der Waals surface area contributed by atoms with Crippen LogP contribution in [0.1, 0.15) is 18.9 Å². The molecule has 1 aromatic carbocycles. The Morgan fingerprint density at radius 3 is 2.47 bits per heavy atom. The predicted octanol–water partition coefficient (Wildman–Crippen LogP) is 1.87. The normalized spacial score (nSPS) is 14.0.